The lowest BCUT2D eigenvalue weighted by molar-refractivity contribution is 0.163. The first-order chi connectivity index (χ1) is 14.0. The van der Waals surface area contributed by atoms with E-state index in [1.165, 1.54) is 4.31 Å². The molecule has 0 unspecified atom stereocenters. The second-order valence-corrected chi connectivity index (χ2v) is 8.94. The molecule has 3 rings (SSSR count). The summed E-state index contributed by atoms with van der Waals surface area (Å²) in [5, 5.41) is 12.6. The zero-order chi connectivity index (χ0) is 20.7. The van der Waals surface area contributed by atoms with Gasteiger partial charge in [-0.2, -0.15) is 14.6 Å². The summed E-state index contributed by atoms with van der Waals surface area (Å²) in [4.78, 5) is 6.54. The Morgan fingerprint density at radius 2 is 1.90 bits per heavy atom. The maximum absolute atomic E-state index is 12.4. The Labute approximate surface area is 170 Å². The number of aromatic nitrogens is 2. The quantitative estimate of drug-likeness (QED) is 0.566. The number of unbranched alkanes of at least 4 members (excludes halogenated alkanes) is 2. The zero-order valence-electron chi connectivity index (χ0n) is 16.5. The van der Waals surface area contributed by atoms with E-state index in [4.69, 9.17) is 14.5 Å². The van der Waals surface area contributed by atoms with Crippen LogP contribution in [0.5, 0.6) is 5.75 Å². The fourth-order valence-electron chi connectivity index (χ4n) is 3.15. The summed E-state index contributed by atoms with van der Waals surface area (Å²) in [5.41, 5.74) is 0.841. The number of nitrogens with zero attached hydrogens (tertiary/aromatic N) is 5. The Morgan fingerprint density at radius 3 is 2.55 bits per heavy atom. The summed E-state index contributed by atoms with van der Waals surface area (Å²) >= 11 is 0. The van der Waals surface area contributed by atoms with E-state index in [0.29, 0.717) is 63.7 Å². The van der Waals surface area contributed by atoms with Crippen LogP contribution in [0.15, 0.2) is 28.8 Å². The molecule has 1 fully saturated rings. The van der Waals surface area contributed by atoms with Crippen LogP contribution in [0.4, 0.5) is 0 Å². The van der Waals surface area contributed by atoms with Crippen LogP contribution in [0.3, 0.4) is 0 Å². The van der Waals surface area contributed by atoms with E-state index in [0.717, 1.165) is 11.3 Å². The van der Waals surface area contributed by atoms with Crippen molar-refractivity contribution in [2.24, 2.45) is 0 Å². The number of sulfonamides is 1. The molecule has 0 atom stereocenters. The summed E-state index contributed by atoms with van der Waals surface area (Å²) in [5.74, 6) is 1.88. The van der Waals surface area contributed by atoms with Crippen LogP contribution in [0.25, 0.3) is 11.4 Å². The van der Waals surface area contributed by atoms with E-state index in [-0.39, 0.29) is 5.75 Å². The highest BCUT2D eigenvalue weighted by molar-refractivity contribution is 7.89. The number of methoxy groups -OCH3 is 1. The van der Waals surface area contributed by atoms with Crippen molar-refractivity contribution in [3.8, 4) is 23.2 Å². The van der Waals surface area contributed by atoms with Crippen LogP contribution in [0.1, 0.15) is 25.2 Å². The van der Waals surface area contributed by atoms with E-state index in [1.807, 2.05) is 30.3 Å². The minimum absolute atomic E-state index is 0.101. The molecule has 1 aliphatic heterocycles. The number of hydrogen-bond acceptors (Lipinski definition) is 8. The van der Waals surface area contributed by atoms with Crippen LogP contribution in [0.2, 0.25) is 0 Å². The molecule has 0 amide bonds. The Balaban J connectivity index is 1.49. The fraction of sp³-hybridized carbons (Fsp3) is 0.526. The Morgan fingerprint density at radius 1 is 1.17 bits per heavy atom. The highest BCUT2D eigenvalue weighted by Gasteiger charge is 2.27. The van der Waals surface area contributed by atoms with Gasteiger partial charge in [-0.25, -0.2) is 8.42 Å². The topological polar surface area (TPSA) is 113 Å². The fourth-order valence-corrected chi connectivity index (χ4v) is 4.70. The molecule has 1 aromatic heterocycles. The molecule has 0 aliphatic carbocycles. The van der Waals surface area contributed by atoms with Crippen LogP contribution in [-0.4, -0.2) is 66.8 Å². The van der Waals surface area contributed by atoms with Gasteiger partial charge in [-0.3, -0.25) is 4.90 Å². The third kappa shape index (κ3) is 5.76. The minimum atomic E-state index is -3.26. The molecule has 0 N–H and O–H groups in total. The lowest BCUT2D eigenvalue weighted by Gasteiger charge is -2.33. The predicted octanol–water partition coefficient (Wildman–Crippen LogP) is 1.89. The average molecular weight is 420 g/mol. The van der Waals surface area contributed by atoms with Crippen molar-refractivity contribution in [1.29, 1.82) is 5.26 Å². The van der Waals surface area contributed by atoms with Gasteiger partial charge >= 0.3 is 0 Å². The van der Waals surface area contributed by atoms with E-state index >= 15 is 0 Å². The van der Waals surface area contributed by atoms with E-state index in [1.54, 1.807) is 7.11 Å². The lowest BCUT2D eigenvalue weighted by atomic mass is 10.2. The molecular weight excluding hydrogens is 394 g/mol. The first-order valence-corrected chi connectivity index (χ1v) is 11.2. The molecule has 0 radical (unpaired) electrons. The molecule has 2 aromatic rings. The van der Waals surface area contributed by atoms with Gasteiger partial charge in [0.25, 0.3) is 0 Å². The minimum Gasteiger partial charge on any atom is -0.497 e. The number of piperazine rings is 1. The standard InChI is InChI=1S/C19H25N5O4S/c1-27-17-7-5-16(6-8-17)19-21-18(28-22-19)15-23-10-12-24(13-11-23)29(25,26)14-4-2-3-9-20/h5-8H,2-4,10-15H2,1H3. The second kappa shape index (κ2) is 9.82. The first-order valence-electron chi connectivity index (χ1n) is 9.56. The molecule has 1 saturated heterocycles. The number of rotatable bonds is 9. The summed E-state index contributed by atoms with van der Waals surface area (Å²) in [6.45, 7) is 2.59. The van der Waals surface area contributed by atoms with Crippen molar-refractivity contribution in [3.63, 3.8) is 0 Å². The smallest absolute Gasteiger partial charge is 0.241 e. The molecular formula is C19H25N5O4S. The molecule has 10 heteroatoms. The van der Waals surface area contributed by atoms with Gasteiger partial charge in [-0.05, 0) is 37.1 Å². The molecule has 9 nitrogen and oxygen atoms in total. The summed E-state index contributed by atoms with van der Waals surface area (Å²) in [6, 6.07) is 9.45. The van der Waals surface area contributed by atoms with Crippen molar-refractivity contribution in [1.82, 2.24) is 19.3 Å². The Kier molecular flexibility index (Phi) is 7.19. The number of benzene rings is 1. The predicted molar refractivity (Wildman–Crippen MR) is 106 cm³/mol. The monoisotopic (exact) mass is 419 g/mol. The third-order valence-corrected chi connectivity index (χ3v) is 6.80. The number of hydrogen-bond donors (Lipinski definition) is 0. The van der Waals surface area contributed by atoms with E-state index in [9.17, 15) is 8.42 Å². The maximum Gasteiger partial charge on any atom is 0.241 e. The van der Waals surface area contributed by atoms with Crippen LogP contribution >= 0.6 is 0 Å². The van der Waals surface area contributed by atoms with Gasteiger partial charge in [-0.1, -0.05) is 5.16 Å². The Bertz CT molecular complexity index is 928. The molecule has 0 bridgehead atoms. The summed E-state index contributed by atoms with van der Waals surface area (Å²) in [6.07, 6.45) is 1.53. The van der Waals surface area contributed by atoms with Crippen molar-refractivity contribution < 1.29 is 17.7 Å². The first kappa shape index (κ1) is 21.2. The van der Waals surface area contributed by atoms with Crippen molar-refractivity contribution in [2.45, 2.75) is 25.8 Å². The van der Waals surface area contributed by atoms with E-state index < -0.39 is 10.0 Å². The molecule has 156 valence electrons. The molecule has 1 aliphatic rings. The number of ether oxygens (including phenoxy) is 1. The largest absolute Gasteiger partial charge is 0.497 e. The van der Waals surface area contributed by atoms with Crippen molar-refractivity contribution in [2.75, 3.05) is 39.0 Å². The van der Waals surface area contributed by atoms with Crippen molar-refractivity contribution in [3.05, 3.63) is 30.2 Å². The maximum atomic E-state index is 12.4. The van der Waals surface area contributed by atoms with Gasteiger partial charge < -0.3 is 9.26 Å². The molecule has 1 aromatic carbocycles. The highest BCUT2D eigenvalue weighted by atomic mass is 32.2. The van der Waals surface area contributed by atoms with Gasteiger partial charge in [0.15, 0.2) is 0 Å². The van der Waals surface area contributed by atoms with Gasteiger partial charge in [0.1, 0.15) is 5.75 Å². The molecule has 0 saturated carbocycles. The Hall–Kier alpha value is -2.48. The molecule has 2 heterocycles. The van der Waals surface area contributed by atoms with Crippen LogP contribution < -0.4 is 4.74 Å². The van der Waals surface area contributed by atoms with E-state index in [2.05, 4.69) is 15.0 Å². The molecule has 0 spiro atoms. The normalized spacial score (nSPS) is 15.9. The lowest BCUT2D eigenvalue weighted by Crippen LogP contribution is -2.48. The highest BCUT2D eigenvalue weighted by Crippen LogP contribution is 2.20. The third-order valence-electron chi connectivity index (χ3n) is 4.84. The van der Waals surface area contributed by atoms with Gasteiger partial charge in [0, 0.05) is 38.2 Å². The van der Waals surface area contributed by atoms with Gasteiger partial charge in [0.05, 0.1) is 25.5 Å². The van der Waals surface area contributed by atoms with Crippen LogP contribution in [0, 0.1) is 11.3 Å². The van der Waals surface area contributed by atoms with Crippen molar-refractivity contribution >= 4 is 10.0 Å². The zero-order valence-corrected chi connectivity index (χ0v) is 17.3. The second-order valence-electron chi connectivity index (χ2n) is 6.85. The SMILES string of the molecule is COc1ccc(-c2noc(CN3CCN(S(=O)(=O)CCCCC#N)CC3)n2)cc1. The summed E-state index contributed by atoms with van der Waals surface area (Å²) in [7, 11) is -1.65. The van der Waals surface area contributed by atoms with Crippen LogP contribution in [-0.2, 0) is 16.6 Å². The summed E-state index contributed by atoms with van der Waals surface area (Å²) < 4.78 is 36.8. The van der Waals surface area contributed by atoms with Gasteiger partial charge in [-0.15, -0.1) is 0 Å². The van der Waals surface area contributed by atoms with Gasteiger partial charge in [0.2, 0.25) is 21.7 Å². The molecule has 29 heavy (non-hydrogen) atoms. The average Bonchev–Trinajstić information content (AvgIpc) is 3.20. The number of nitriles is 1.